The number of para-hydroxylation sites is 2. The van der Waals surface area contributed by atoms with Gasteiger partial charge in [-0.3, -0.25) is 10.2 Å². The molecule has 0 radical (unpaired) electrons. The Kier molecular flexibility index (Phi) is 4.72. The van der Waals surface area contributed by atoms with Crippen molar-refractivity contribution in [2.24, 2.45) is 5.73 Å². The molecular formula is C17H16ClF3N4O. The maximum atomic E-state index is 13.6. The van der Waals surface area contributed by atoms with Crippen LogP contribution in [0.2, 0.25) is 5.02 Å². The van der Waals surface area contributed by atoms with Gasteiger partial charge in [0, 0.05) is 11.3 Å². The summed E-state index contributed by atoms with van der Waals surface area (Å²) in [5.41, 5.74) is 6.62. The zero-order valence-electron chi connectivity index (χ0n) is 13.6. The number of carbonyl (C=O) groups is 1. The number of primary amides is 1. The van der Waals surface area contributed by atoms with E-state index in [9.17, 15) is 18.0 Å². The number of nitrogens with two attached hydrogens (primary N) is 1. The Labute approximate surface area is 152 Å². The highest BCUT2D eigenvalue weighted by Gasteiger charge is 2.46. The summed E-state index contributed by atoms with van der Waals surface area (Å²) in [6, 6.07) is 8.02. The summed E-state index contributed by atoms with van der Waals surface area (Å²) in [5.74, 6) is 0. The lowest BCUT2D eigenvalue weighted by molar-refractivity contribution is -0.159. The molecule has 2 aromatic rings. The van der Waals surface area contributed by atoms with Gasteiger partial charge < -0.3 is 11.1 Å². The van der Waals surface area contributed by atoms with Gasteiger partial charge in [-0.05, 0) is 24.6 Å². The number of nitrogens with one attached hydrogen (secondary N) is 2. The predicted octanol–water partition coefficient (Wildman–Crippen LogP) is 4.14. The standard InChI is InChI=1S/C17H16ClF3N4O/c1-9-5-4-7-11(18)13(9)25(15(22)26)16-23-12-8-3-2-6-10(12)14(24-16)17(19,20)21/h2-8,14,16,23-24H,1H3,(H2,22,26). The molecule has 1 aliphatic rings. The number of aryl methyl sites for hydroxylation is 1. The van der Waals surface area contributed by atoms with Crippen LogP contribution in [-0.4, -0.2) is 18.5 Å². The first-order valence-corrected chi connectivity index (χ1v) is 8.10. The molecule has 2 atom stereocenters. The van der Waals surface area contributed by atoms with Crippen molar-refractivity contribution >= 4 is 29.0 Å². The fraction of sp³-hybridized carbons (Fsp3) is 0.235. The van der Waals surface area contributed by atoms with Gasteiger partial charge in [-0.25, -0.2) is 4.79 Å². The van der Waals surface area contributed by atoms with E-state index in [1.807, 2.05) is 0 Å². The summed E-state index contributed by atoms with van der Waals surface area (Å²) >= 11 is 6.19. The van der Waals surface area contributed by atoms with Crippen LogP contribution in [0.5, 0.6) is 0 Å². The zero-order chi connectivity index (χ0) is 19.1. The Morgan fingerprint density at radius 1 is 1.19 bits per heavy atom. The van der Waals surface area contributed by atoms with E-state index in [4.69, 9.17) is 17.3 Å². The second-order valence-corrected chi connectivity index (χ2v) is 6.30. The Balaban J connectivity index is 2.09. The first-order valence-electron chi connectivity index (χ1n) is 7.72. The number of anilines is 2. The number of urea groups is 1. The normalized spacial score (nSPS) is 19.4. The molecule has 9 heteroatoms. The molecule has 4 N–H and O–H groups in total. The first kappa shape index (κ1) is 18.3. The molecule has 26 heavy (non-hydrogen) atoms. The molecule has 0 fully saturated rings. The zero-order valence-corrected chi connectivity index (χ0v) is 14.4. The van der Waals surface area contributed by atoms with E-state index in [-0.39, 0.29) is 22.0 Å². The third-order valence-corrected chi connectivity index (χ3v) is 4.45. The summed E-state index contributed by atoms with van der Waals surface area (Å²) in [5, 5.41) is 5.51. The van der Waals surface area contributed by atoms with E-state index in [0.29, 0.717) is 5.56 Å². The van der Waals surface area contributed by atoms with Gasteiger partial charge in [0.25, 0.3) is 0 Å². The van der Waals surface area contributed by atoms with Gasteiger partial charge in [0.05, 0.1) is 10.7 Å². The fourth-order valence-electron chi connectivity index (χ4n) is 3.02. The Morgan fingerprint density at radius 3 is 2.50 bits per heavy atom. The van der Waals surface area contributed by atoms with Crippen LogP contribution >= 0.6 is 11.6 Å². The van der Waals surface area contributed by atoms with Crippen molar-refractivity contribution in [3.63, 3.8) is 0 Å². The summed E-state index contributed by atoms with van der Waals surface area (Å²) in [6.45, 7) is 1.69. The van der Waals surface area contributed by atoms with Crippen molar-refractivity contribution < 1.29 is 18.0 Å². The van der Waals surface area contributed by atoms with Crippen molar-refractivity contribution in [2.75, 3.05) is 10.2 Å². The molecule has 2 amide bonds. The fourth-order valence-corrected chi connectivity index (χ4v) is 3.33. The highest BCUT2D eigenvalue weighted by atomic mass is 35.5. The minimum atomic E-state index is -4.56. The highest BCUT2D eigenvalue weighted by Crippen LogP contribution is 2.40. The van der Waals surface area contributed by atoms with Gasteiger partial charge in [-0.2, -0.15) is 13.2 Å². The van der Waals surface area contributed by atoms with Crippen LogP contribution in [0, 0.1) is 6.92 Å². The van der Waals surface area contributed by atoms with E-state index in [1.165, 1.54) is 24.3 Å². The van der Waals surface area contributed by atoms with E-state index in [0.717, 1.165) is 4.90 Å². The number of nitrogens with zero attached hydrogens (tertiary/aromatic N) is 1. The quantitative estimate of drug-likeness (QED) is 0.729. The average Bonchev–Trinajstić information content (AvgIpc) is 2.56. The SMILES string of the molecule is Cc1cccc(Cl)c1N(C(N)=O)C1Nc2ccccc2C(C(F)(F)F)N1. The van der Waals surface area contributed by atoms with Gasteiger partial charge in [-0.1, -0.05) is 41.9 Å². The first-order chi connectivity index (χ1) is 12.2. The monoisotopic (exact) mass is 384 g/mol. The number of amides is 2. The Morgan fingerprint density at radius 2 is 1.88 bits per heavy atom. The average molecular weight is 385 g/mol. The number of fused-ring (bicyclic) bond motifs is 1. The van der Waals surface area contributed by atoms with Crippen molar-refractivity contribution in [2.45, 2.75) is 25.4 Å². The number of alkyl halides is 3. The van der Waals surface area contributed by atoms with Crippen LogP contribution in [0.4, 0.5) is 29.3 Å². The van der Waals surface area contributed by atoms with E-state index in [1.54, 1.807) is 25.1 Å². The summed E-state index contributed by atoms with van der Waals surface area (Å²) in [7, 11) is 0. The second-order valence-electron chi connectivity index (χ2n) is 5.89. The van der Waals surface area contributed by atoms with Crippen LogP contribution in [0.3, 0.4) is 0 Å². The van der Waals surface area contributed by atoms with Crippen LogP contribution in [0.25, 0.3) is 0 Å². The van der Waals surface area contributed by atoms with Gasteiger partial charge in [0.1, 0.15) is 6.04 Å². The molecule has 0 saturated carbocycles. The minimum Gasteiger partial charge on any atom is -0.352 e. The van der Waals surface area contributed by atoms with E-state index in [2.05, 4.69) is 10.6 Å². The molecule has 3 rings (SSSR count). The third kappa shape index (κ3) is 3.30. The number of hydrogen-bond acceptors (Lipinski definition) is 3. The summed E-state index contributed by atoms with van der Waals surface area (Å²) in [6.07, 6.45) is -5.79. The van der Waals surface area contributed by atoms with Crippen molar-refractivity contribution in [1.29, 1.82) is 0 Å². The number of benzene rings is 2. The van der Waals surface area contributed by atoms with E-state index < -0.39 is 24.5 Å². The van der Waals surface area contributed by atoms with Gasteiger partial charge >= 0.3 is 12.2 Å². The largest absolute Gasteiger partial charge is 0.408 e. The summed E-state index contributed by atoms with van der Waals surface area (Å²) < 4.78 is 40.7. The lowest BCUT2D eigenvalue weighted by atomic mass is 10.0. The number of halogens is 4. The predicted molar refractivity (Wildman–Crippen MR) is 94.0 cm³/mol. The molecule has 0 aromatic heterocycles. The molecular weight excluding hydrogens is 369 g/mol. The highest BCUT2D eigenvalue weighted by molar-refractivity contribution is 6.34. The lowest BCUT2D eigenvalue weighted by Crippen LogP contribution is -2.60. The van der Waals surface area contributed by atoms with Crippen LogP contribution in [0.15, 0.2) is 42.5 Å². The maximum absolute atomic E-state index is 13.6. The molecule has 0 aliphatic carbocycles. The van der Waals surface area contributed by atoms with E-state index >= 15 is 0 Å². The third-order valence-electron chi connectivity index (χ3n) is 4.14. The molecule has 0 bridgehead atoms. The molecule has 0 spiro atoms. The Hall–Kier alpha value is -2.45. The van der Waals surface area contributed by atoms with Crippen LogP contribution < -0.4 is 21.3 Å². The molecule has 2 aromatic carbocycles. The van der Waals surface area contributed by atoms with Crippen molar-refractivity contribution in [3.05, 3.63) is 58.6 Å². The number of carbonyl (C=O) groups excluding carboxylic acids is 1. The summed E-state index contributed by atoms with van der Waals surface area (Å²) in [4.78, 5) is 13.1. The maximum Gasteiger partial charge on any atom is 0.408 e. The van der Waals surface area contributed by atoms with Crippen molar-refractivity contribution in [1.82, 2.24) is 5.32 Å². The topological polar surface area (TPSA) is 70.4 Å². The lowest BCUT2D eigenvalue weighted by Gasteiger charge is -2.41. The van der Waals surface area contributed by atoms with Crippen molar-refractivity contribution in [3.8, 4) is 0 Å². The molecule has 1 aliphatic heterocycles. The minimum absolute atomic E-state index is 0.0385. The molecule has 5 nitrogen and oxygen atoms in total. The van der Waals surface area contributed by atoms with Gasteiger partial charge in [-0.15, -0.1) is 0 Å². The molecule has 2 unspecified atom stereocenters. The molecule has 1 heterocycles. The smallest absolute Gasteiger partial charge is 0.352 e. The van der Waals surface area contributed by atoms with Crippen LogP contribution in [-0.2, 0) is 0 Å². The molecule has 138 valence electrons. The number of rotatable bonds is 2. The second kappa shape index (κ2) is 6.69. The Bertz CT molecular complexity index is 823. The van der Waals surface area contributed by atoms with Crippen LogP contribution in [0.1, 0.15) is 17.2 Å². The number of hydrogen-bond donors (Lipinski definition) is 3. The van der Waals surface area contributed by atoms with Gasteiger partial charge in [0.2, 0.25) is 0 Å². The molecule has 0 saturated heterocycles. The van der Waals surface area contributed by atoms with Gasteiger partial charge in [0.15, 0.2) is 6.29 Å².